The monoisotopic (exact) mass is 1250 g/mol. The van der Waals surface area contributed by atoms with Gasteiger partial charge in [-0.15, -0.1) is 47.3 Å². The van der Waals surface area contributed by atoms with Crippen molar-refractivity contribution in [2.24, 2.45) is 11.5 Å². The molecule has 2 aliphatic rings. The number of amides is 2. The average molecular weight is 1250 g/mol. The molecule has 4 heterocycles. The molecule has 0 bridgehead atoms. The summed E-state index contributed by atoms with van der Waals surface area (Å²) in [7, 11) is 1.57. The molecule has 0 aliphatic carbocycles. The highest BCUT2D eigenvalue weighted by molar-refractivity contribution is 9.69. The fraction of sp³-hybridized carbons (Fsp3) is 0.439. The van der Waals surface area contributed by atoms with E-state index in [9.17, 15) is 14.7 Å². The molecule has 4 aromatic carbocycles. The third-order valence-electron chi connectivity index (χ3n) is 14.4. The minimum Gasteiger partial charge on any atom is -0.507 e. The summed E-state index contributed by atoms with van der Waals surface area (Å²) in [6.07, 6.45) is 10.8. The van der Waals surface area contributed by atoms with Crippen LogP contribution in [0.15, 0.2) is 72.8 Å². The zero-order chi connectivity index (χ0) is 54.5. The number of imidazole rings is 2. The van der Waals surface area contributed by atoms with Gasteiger partial charge in [-0.05, 0) is 137 Å². The lowest BCUT2D eigenvalue weighted by Crippen LogP contribution is -2.34. The second-order valence-electron chi connectivity index (χ2n) is 19.6. The number of benzene rings is 4. The van der Waals surface area contributed by atoms with Crippen molar-refractivity contribution in [3.8, 4) is 34.3 Å². The number of primary amides is 2. The van der Waals surface area contributed by atoms with E-state index in [-0.39, 0.29) is 26.6 Å². The maximum atomic E-state index is 11.8. The molecule has 5 N–H and O–H groups in total. The molecule has 6 aromatic rings. The molecule has 75 heavy (non-hydrogen) atoms. The van der Waals surface area contributed by atoms with Crippen LogP contribution in [0, 0.1) is 27.7 Å². The predicted octanol–water partition coefficient (Wildman–Crippen LogP) is 14.8. The van der Waals surface area contributed by atoms with Gasteiger partial charge in [0.2, 0.25) is 0 Å². The van der Waals surface area contributed by atoms with Gasteiger partial charge in [0, 0.05) is 49.4 Å². The first-order valence-corrected chi connectivity index (χ1v) is 29.5. The molecule has 0 spiro atoms. The highest BCUT2D eigenvalue weighted by atomic mass is 79.9. The normalized spacial score (nSPS) is 15.9. The van der Waals surface area contributed by atoms with E-state index in [2.05, 4.69) is 144 Å². The van der Waals surface area contributed by atoms with Gasteiger partial charge in [-0.3, -0.25) is 19.4 Å². The topological polar surface area (TPSA) is 158 Å². The van der Waals surface area contributed by atoms with Crippen LogP contribution in [0.1, 0.15) is 156 Å². The zero-order valence-electron chi connectivity index (χ0n) is 44.4. The van der Waals surface area contributed by atoms with Crippen LogP contribution < -0.4 is 16.2 Å². The summed E-state index contributed by atoms with van der Waals surface area (Å²) < 4.78 is 10.4. The number of ether oxygens (including phenoxy) is 1. The maximum Gasteiger partial charge on any atom is 0.369 e. The number of carbonyl (C=O) groups excluding carboxylic acids is 2. The lowest BCUT2D eigenvalue weighted by atomic mass is 9.94. The molecule has 0 saturated carbocycles. The van der Waals surface area contributed by atoms with Gasteiger partial charge in [-0.2, -0.15) is 0 Å². The van der Waals surface area contributed by atoms with E-state index in [0.717, 1.165) is 130 Å². The number of rotatable bonds is 17. The number of halogens is 5. The van der Waals surface area contributed by atoms with Crippen molar-refractivity contribution < 1.29 is 19.4 Å². The van der Waals surface area contributed by atoms with Crippen LogP contribution in [0.25, 0.3) is 22.8 Å². The van der Waals surface area contributed by atoms with Gasteiger partial charge in [0.1, 0.15) is 23.1 Å². The van der Waals surface area contributed by atoms with Crippen LogP contribution in [0.2, 0.25) is 10.3 Å². The minimum atomic E-state index is -0.625. The van der Waals surface area contributed by atoms with Gasteiger partial charge in [-0.25, -0.2) is 9.97 Å². The van der Waals surface area contributed by atoms with E-state index in [1.54, 1.807) is 25.3 Å². The Kier molecular flexibility index (Phi) is 22.8. The van der Waals surface area contributed by atoms with E-state index < -0.39 is 11.8 Å². The Morgan fingerprint density at radius 1 is 0.667 bits per heavy atom. The van der Waals surface area contributed by atoms with Crippen LogP contribution in [-0.4, -0.2) is 69.2 Å². The number of methoxy groups -OCH3 is 1. The number of piperidine rings is 2. The summed E-state index contributed by atoms with van der Waals surface area (Å²) in [5, 5.41) is 11.5. The lowest BCUT2D eigenvalue weighted by molar-refractivity contribution is 0.0988. The quantitative estimate of drug-likeness (QED) is 0.0762. The lowest BCUT2D eigenvalue weighted by Gasteiger charge is -2.36. The summed E-state index contributed by atoms with van der Waals surface area (Å²) in [6, 6.07) is 24.0. The summed E-state index contributed by atoms with van der Waals surface area (Å²) in [5.41, 5.74) is 22.8. The van der Waals surface area contributed by atoms with Crippen molar-refractivity contribution >= 4 is 85.5 Å². The molecule has 2 amide bonds. The van der Waals surface area contributed by atoms with Gasteiger partial charge in [0.15, 0.2) is 10.3 Å². The van der Waals surface area contributed by atoms with E-state index in [1.165, 1.54) is 27.8 Å². The van der Waals surface area contributed by atoms with Crippen LogP contribution in [0.3, 0.4) is 0 Å². The number of hydrogen-bond donors (Lipinski definition) is 3. The second kappa shape index (κ2) is 28.5. The molecular formula is C57H72BBr3Cl2N8O4. The van der Waals surface area contributed by atoms with Gasteiger partial charge in [-0.1, -0.05) is 111 Å². The molecular weight excluding hydrogens is 1180 g/mol. The average Bonchev–Trinajstić information content (AvgIpc) is 3.84. The maximum absolute atomic E-state index is 11.8. The Hall–Kier alpha value is -4.16. The molecule has 2 aliphatic heterocycles. The highest BCUT2D eigenvalue weighted by Crippen LogP contribution is 2.40. The molecule has 0 radical (unpaired) electrons. The summed E-state index contributed by atoms with van der Waals surface area (Å²) in [5.74, 6) is 1.24. The van der Waals surface area contributed by atoms with Gasteiger partial charge < -0.3 is 30.4 Å². The Bertz CT molecular complexity index is 2870. The van der Waals surface area contributed by atoms with Gasteiger partial charge in [0.05, 0.1) is 29.6 Å². The number of unbranched alkanes of at least 4 members (excludes halogenated alkanes) is 2. The van der Waals surface area contributed by atoms with Gasteiger partial charge in [0.25, 0.3) is 11.8 Å². The fourth-order valence-corrected chi connectivity index (χ4v) is 11.1. The molecule has 2 fully saturated rings. The number of hydrogen-bond acceptors (Lipinski definition) is 8. The van der Waals surface area contributed by atoms with Crippen LogP contribution in [0.5, 0.6) is 11.5 Å². The summed E-state index contributed by atoms with van der Waals surface area (Å²) in [4.78, 5) is 38.1. The number of aromatic nitrogens is 4. The van der Waals surface area contributed by atoms with Crippen LogP contribution in [0.4, 0.5) is 0 Å². The van der Waals surface area contributed by atoms with Crippen molar-refractivity contribution in [3.63, 3.8) is 0 Å². The van der Waals surface area contributed by atoms with E-state index in [1.807, 2.05) is 18.2 Å². The van der Waals surface area contributed by atoms with Crippen molar-refractivity contribution in [2.75, 3.05) is 20.2 Å². The molecule has 2 saturated heterocycles. The molecule has 402 valence electrons. The number of phenols is 1. The SMILES string of the molecule is BrB(Br)Br.CCCCn1c(-c2c(C)cccc2C)nc(Cl)c1CN1CCCCC1c1ccc(C(N)=O)c(O)c1.CCCCn1c(-c2c(C)cccc2C)nc(Cl)c1CN1CCCCC1c1ccc(C(N)=O)c(OC)c1. The minimum absolute atomic E-state index is 0.0659. The largest absolute Gasteiger partial charge is 0.507 e. The molecule has 2 unspecified atom stereocenters. The van der Waals surface area contributed by atoms with Crippen LogP contribution in [-0.2, 0) is 26.2 Å². The summed E-state index contributed by atoms with van der Waals surface area (Å²) in [6.45, 7) is 18.0. The number of likely N-dealkylation sites (tertiary alicyclic amines) is 2. The third-order valence-corrected chi connectivity index (χ3v) is 15.0. The summed E-state index contributed by atoms with van der Waals surface area (Å²) >= 11 is 23.0. The Morgan fingerprint density at radius 2 is 1.07 bits per heavy atom. The smallest absolute Gasteiger partial charge is 0.369 e. The number of carbonyl (C=O) groups is 2. The Morgan fingerprint density at radius 3 is 1.44 bits per heavy atom. The van der Waals surface area contributed by atoms with E-state index in [4.69, 9.17) is 49.4 Å². The first-order chi connectivity index (χ1) is 35.9. The standard InChI is InChI=1S/C29H37ClN4O2.C28H35ClN4O2.BBr3/c1-5-6-16-34-24(27(30)32-29(34)26-19(2)10-9-11-20(26)3)18-33-15-8-7-12-23(33)21-13-14-22(28(31)35)25(17-21)36-4;1-4-5-15-33-23(26(29)31-28(33)25-18(2)9-8-10-19(25)3)17-32-14-7-6-11-22(32)20-12-13-21(27(30)35)24(34)16-20;2-1(3)4/h9-11,13-14,17,23H,5-8,12,15-16,18H2,1-4H3,(H2,31,35);8-10,12-13,16,22,34H,4-7,11,14-15,17H2,1-3H3,(H2,30,35);. The third kappa shape index (κ3) is 15.1. The molecule has 2 aromatic heterocycles. The van der Waals surface area contributed by atoms with Crippen molar-refractivity contribution in [3.05, 3.63) is 139 Å². The fourth-order valence-electron chi connectivity index (χ4n) is 10.6. The van der Waals surface area contributed by atoms with Crippen molar-refractivity contribution in [1.29, 1.82) is 0 Å². The molecule has 18 heteroatoms. The Balaban J connectivity index is 0.000000228. The molecule has 2 atom stereocenters. The highest BCUT2D eigenvalue weighted by Gasteiger charge is 2.31. The number of nitrogens with zero attached hydrogens (tertiary/aromatic N) is 6. The molecule has 12 nitrogen and oxygen atoms in total. The van der Waals surface area contributed by atoms with Crippen LogP contribution >= 0.6 is 70.5 Å². The first kappa shape index (κ1) is 60.1. The predicted molar refractivity (Wildman–Crippen MR) is 319 cm³/mol. The Labute approximate surface area is 479 Å². The molecule has 8 rings (SSSR count). The second-order valence-corrected chi connectivity index (χ2v) is 26.7. The van der Waals surface area contributed by atoms with E-state index >= 15 is 0 Å². The van der Waals surface area contributed by atoms with Crippen molar-refractivity contribution in [1.82, 2.24) is 28.9 Å². The number of aromatic hydroxyl groups is 1. The zero-order valence-corrected chi connectivity index (χ0v) is 50.6. The van der Waals surface area contributed by atoms with Crippen molar-refractivity contribution in [2.45, 2.75) is 144 Å². The number of nitrogens with two attached hydrogens (primary N) is 2. The van der Waals surface area contributed by atoms with E-state index in [0.29, 0.717) is 34.7 Å². The van der Waals surface area contributed by atoms with Gasteiger partial charge >= 0.3 is 3.18 Å². The first-order valence-electron chi connectivity index (χ1n) is 26.0. The number of aryl methyl sites for hydroxylation is 4.